The summed E-state index contributed by atoms with van der Waals surface area (Å²) in [6, 6.07) is 3.03. The lowest BCUT2D eigenvalue weighted by molar-refractivity contribution is -0.142. The van der Waals surface area contributed by atoms with Crippen molar-refractivity contribution >= 4 is 17.6 Å². The summed E-state index contributed by atoms with van der Waals surface area (Å²) in [6.07, 6.45) is 0. The standard InChI is InChI=1S/C13H17FN2O3/c1-4-15-11-7-9(14)5-6-10(11)12(17)16-8(2)13(18)19-3/h5-8,15H,4H2,1-3H3,(H,16,17)/t8-/m0/s1. The van der Waals surface area contributed by atoms with E-state index in [9.17, 15) is 14.0 Å². The van der Waals surface area contributed by atoms with Crippen LogP contribution < -0.4 is 10.6 Å². The van der Waals surface area contributed by atoms with Crippen molar-refractivity contribution in [1.82, 2.24) is 5.32 Å². The van der Waals surface area contributed by atoms with E-state index in [2.05, 4.69) is 15.4 Å². The van der Waals surface area contributed by atoms with Crippen LogP contribution in [0.5, 0.6) is 0 Å². The van der Waals surface area contributed by atoms with Crippen LogP contribution in [0, 0.1) is 5.82 Å². The molecule has 0 aliphatic rings. The third-order valence-corrected chi connectivity index (χ3v) is 2.50. The molecule has 0 heterocycles. The highest BCUT2D eigenvalue weighted by Crippen LogP contribution is 2.17. The summed E-state index contributed by atoms with van der Waals surface area (Å²) in [7, 11) is 1.24. The summed E-state index contributed by atoms with van der Waals surface area (Å²) in [6.45, 7) is 3.90. The number of benzene rings is 1. The Kier molecular flexibility index (Phi) is 5.29. The van der Waals surface area contributed by atoms with Crippen LogP contribution in [-0.4, -0.2) is 31.6 Å². The van der Waals surface area contributed by atoms with Gasteiger partial charge in [-0.2, -0.15) is 0 Å². The topological polar surface area (TPSA) is 67.4 Å². The number of carbonyl (C=O) groups is 2. The summed E-state index contributed by atoms with van der Waals surface area (Å²) in [5.41, 5.74) is 0.663. The first-order valence-corrected chi connectivity index (χ1v) is 5.91. The highest BCUT2D eigenvalue weighted by molar-refractivity contribution is 6.01. The molecule has 0 unspecified atom stereocenters. The van der Waals surface area contributed by atoms with Crippen LogP contribution in [0.4, 0.5) is 10.1 Å². The Hall–Kier alpha value is -2.11. The van der Waals surface area contributed by atoms with Crippen LogP contribution in [0.25, 0.3) is 0 Å². The highest BCUT2D eigenvalue weighted by Gasteiger charge is 2.19. The van der Waals surface area contributed by atoms with Gasteiger partial charge in [-0.1, -0.05) is 0 Å². The summed E-state index contributed by atoms with van der Waals surface area (Å²) >= 11 is 0. The molecule has 0 saturated heterocycles. The molecule has 6 heteroatoms. The van der Waals surface area contributed by atoms with Crippen molar-refractivity contribution in [2.75, 3.05) is 19.0 Å². The number of esters is 1. The second-order valence-electron chi connectivity index (χ2n) is 3.94. The van der Waals surface area contributed by atoms with Gasteiger partial charge in [0.25, 0.3) is 5.91 Å². The maximum atomic E-state index is 13.1. The molecule has 0 fully saturated rings. The number of rotatable bonds is 5. The van der Waals surface area contributed by atoms with Crippen molar-refractivity contribution in [3.63, 3.8) is 0 Å². The van der Waals surface area contributed by atoms with Gasteiger partial charge in [-0.25, -0.2) is 9.18 Å². The fraction of sp³-hybridized carbons (Fsp3) is 0.385. The number of methoxy groups -OCH3 is 1. The van der Waals surface area contributed by atoms with Crippen LogP contribution in [0.1, 0.15) is 24.2 Å². The minimum atomic E-state index is -0.767. The molecule has 1 amide bonds. The Balaban J connectivity index is 2.90. The molecule has 0 aliphatic heterocycles. The second kappa shape index (κ2) is 6.72. The van der Waals surface area contributed by atoms with E-state index in [0.717, 1.165) is 0 Å². The molecule has 0 spiro atoms. The highest BCUT2D eigenvalue weighted by atomic mass is 19.1. The Bertz CT molecular complexity index is 477. The van der Waals surface area contributed by atoms with Gasteiger partial charge in [-0.15, -0.1) is 0 Å². The molecule has 2 N–H and O–H groups in total. The molecule has 1 atom stereocenters. The lowest BCUT2D eigenvalue weighted by Gasteiger charge is -2.14. The predicted molar refractivity (Wildman–Crippen MR) is 69.5 cm³/mol. The molecule has 0 aromatic heterocycles. The Morgan fingerprint density at radius 2 is 2.11 bits per heavy atom. The van der Waals surface area contributed by atoms with Crippen molar-refractivity contribution in [2.24, 2.45) is 0 Å². The molecule has 0 saturated carbocycles. The van der Waals surface area contributed by atoms with Crippen LogP contribution in [0.2, 0.25) is 0 Å². The van der Waals surface area contributed by atoms with Crippen molar-refractivity contribution in [2.45, 2.75) is 19.9 Å². The predicted octanol–water partition coefficient (Wildman–Crippen LogP) is 1.55. The largest absolute Gasteiger partial charge is 0.467 e. The summed E-state index contributed by atoms with van der Waals surface area (Å²) in [4.78, 5) is 23.2. The maximum Gasteiger partial charge on any atom is 0.328 e. The number of carbonyl (C=O) groups excluding carboxylic acids is 2. The van der Waals surface area contributed by atoms with E-state index in [1.807, 2.05) is 6.92 Å². The molecule has 1 aromatic carbocycles. The zero-order valence-corrected chi connectivity index (χ0v) is 11.1. The van der Waals surface area contributed by atoms with E-state index in [1.54, 1.807) is 0 Å². The summed E-state index contributed by atoms with van der Waals surface area (Å²) in [5, 5.41) is 5.39. The molecule has 1 aromatic rings. The fourth-order valence-corrected chi connectivity index (χ4v) is 1.56. The summed E-state index contributed by atoms with van der Waals surface area (Å²) in [5.74, 6) is -1.44. The molecule has 0 radical (unpaired) electrons. The number of halogens is 1. The van der Waals surface area contributed by atoms with E-state index < -0.39 is 23.7 Å². The maximum absolute atomic E-state index is 13.1. The Morgan fingerprint density at radius 1 is 1.42 bits per heavy atom. The molecular weight excluding hydrogens is 251 g/mol. The minimum absolute atomic E-state index is 0.277. The van der Waals surface area contributed by atoms with E-state index in [-0.39, 0.29) is 5.56 Å². The quantitative estimate of drug-likeness (QED) is 0.795. The molecule has 0 aliphatic carbocycles. The second-order valence-corrected chi connectivity index (χ2v) is 3.94. The normalized spacial score (nSPS) is 11.6. The van der Waals surface area contributed by atoms with Gasteiger partial charge in [0, 0.05) is 12.2 Å². The van der Waals surface area contributed by atoms with E-state index in [4.69, 9.17) is 0 Å². The first-order chi connectivity index (χ1) is 8.99. The SMILES string of the molecule is CCNc1cc(F)ccc1C(=O)N[C@@H](C)C(=O)OC. The van der Waals surface area contributed by atoms with Gasteiger partial charge in [0.15, 0.2) is 0 Å². The molecule has 0 bridgehead atoms. The van der Waals surface area contributed by atoms with Crippen LogP contribution in [0.3, 0.4) is 0 Å². The zero-order valence-electron chi connectivity index (χ0n) is 11.1. The van der Waals surface area contributed by atoms with Gasteiger partial charge < -0.3 is 15.4 Å². The third kappa shape index (κ3) is 3.94. The Morgan fingerprint density at radius 3 is 2.68 bits per heavy atom. The van der Waals surface area contributed by atoms with Crippen LogP contribution >= 0.6 is 0 Å². The number of ether oxygens (including phenoxy) is 1. The number of amides is 1. The van der Waals surface area contributed by atoms with Gasteiger partial charge in [0.2, 0.25) is 0 Å². The molecule has 104 valence electrons. The molecule has 19 heavy (non-hydrogen) atoms. The van der Waals surface area contributed by atoms with Gasteiger partial charge in [-0.05, 0) is 32.0 Å². The van der Waals surface area contributed by atoms with Crippen LogP contribution in [0.15, 0.2) is 18.2 Å². The van der Waals surface area contributed by atoms with Gasteiger partial charge in [-0.3, -0.25) is 4.79 Å². The lowest BCUT2D eigenvalue weighted by atomic mass is 10.1. The van der Waals surface area contributed by atoms with E-state index in [1.165, 1.54) is 32.2 Å². The van der Waals surface area contributed by atoms with E-state index >= 15 is 0 Å². The van der Waals surface area contributed by atoms with Crippen molar-refractivity contribution < 1.29 is 18.7 Å². The lowest BCUT2D eigenvalue weighted by Crippen LogP contribution is -2.39. The first kappa shape index (κ1) is 14.9. The monoisotopic (exact) mass is 268 g/mol. The smallest absolute Gasteiger partial charge is 0.328 e. The summed E-state index contributed by atoms with van der Waals surface area (Å²) < 4.78 is 17.6. The number of hydrogen-bond donors (Lipinski definition) is 2. The average Bonchev–Trinajstić information content (AvgIpc) is 2.38. The first-order valence-electron chi connectivity index (χ1n) is 5.91. The molecule has 1 rings (SSSR count). The van der Waals surface area contributed by atoms with Crippen LogP contribution in [-0.2, 0) is 9.53 Å². The third-order valence-electron chi connectivity index (χ3n) is 2.50. The fourth-order valence-electron chi connectivity index (χ4n) is 1.56. The Labute approximate surface area is 111 Å². The number of nitrogens with one attached hydrogen (secondary N) is 2. The van der Waals surface area contributed by atoms with Gasteiger partial charge in [0.05, 0.1) is 12.7 Å². The van der Waals surface area contributed by atoms with Crippen molar-refractivity contribution in [3.8, 4) is 0 Å². The van der Waals surface area contributed by atoms with Gasteiger partial charge >= 0.3 is 5.97 Å². The number of anilines is 1. The van der Waals surface area contributed by atoms with Crippen molar-refractivity contribution in [3.05, 3.63) is 29.6 Å². The molecule has 5 nitrogen and oxygen atoms in total. The van der Waals surface area contributed by atoms with Crippen molar-refractivity contribution in [1.29, 1.82) is 0 Å². The zero-order chi connectivity index (χ0) is 14.4. The molecular formula is C13H17FN2O3. The number of hydrogen-bond acceptors (Lipinski definition) is 4. The van der Waals surface area contributed by atoms with Gasteiger partial charge in [0.1, 0.15) is 11.9 Å². The average molecular weight is 268 g/mol. The van der Waals surface area contributed by atoms with E-state index in [0.29, 0.717) is 12.2 Å². The minimum Gasteiger partial charge on any atom is -0.467 e.